The Morgan fingerprint density at radius 1 is 1.15 bits per heavy atom. The first-order valence-electron chi connectivity index (χ1n) is 6.38. The second kappa shape index (κ2) is 6.46. The predicted octanol–water partition coefficient (Wildman–Crippen LogP) is 4.54. The Morgan fingerprint density at radius 2 is 1.90 bits per heavy atom. The first-order chi connectivity index (χ1) is 9.49. The fraction of sp³-hybridized carbons (Fsp3) is 0.250. The van der Waals surface area contributed by atoms with E-state index in [1.165, 1.54) is 12.1 Å². The molecule has 0 aliphatic carbocycles. The molecule has 2 aromatic rings. The van der Waals surface area contributed by atoms with Gasteiger partial charge in [-0.2, -0.15) is 0 Å². The lowest BCUT2D eigenvalue weighted by atomic mass is 9.97. The molecule has 0 aromatic heterocycles. The zero-order valence-corrected chi connectivity index (χ0v) is 13.0. The lowest BCUT2D eigenvalue weighted by molar-refractivity contribution is 0.543. The number of hydrogen-bond donors (Lipinski definition) is 1. The van der Waals surface area contributed by atoms with E-state index in [9.17, 15) is 8.78 Å². The molecular formula is C16H16BrF2N. The van der Waals surface area contributed by atoms with E-state index in [-0.39, 0.29) is 11.9 Å². The molecule has 0 spiro atoms. The molecule has 0 saturated carbocycles. The van der Waals surface area contributed by atoms with E-state index in [1.54, 1.807) is 0 Å². The largest absolute Gasteiger partial charge is 0.313 e. The van der Waals surface area contributed by atoms with Gasteiger partial charge in [0.1, 0.15) is 11.6 Å². The highest BCUT2D eigenvalue weighted by molar-refractivity contribution is 9.10. The third-order valence-corrected chi connectivity index (χ3v) is 3.70. The molecule has 0 bridgehead atoms. The normalized spacial score (nSPS) is 12.4. The molecule has 0 heterocycles. The third-order valence-electron chi connectivity index (χ3n) is 3.25. The van der Waals surface area contributed by atoms with Crippen molar-refractivity contribution in [3.8, 4) is 0 Å². The fourth-order valence-electron chi connectivity index (χ4n) is 2.27. The van der Waals surface area contributed by atoms with Gasteiger partial charge in [0, 0.05) is 10.5 Å². The summed E-state index contributed by atoms with van der Waals surface area (Å²) in [5, 5.41) is 3.16. The zero-order valence-electron chi connectivity index (χ0n) is 11.4. The summed E-state index contributed by atoms with van der Waals surface area (Å²) in [6.45, 7) is 2.00. The average molecular weight is 340 g/mol. The second-order valence-corrected chi connectivity index (χ2v) is 5.76. The third kappa shape index (κ3) is 3.64. The van der Waals surface area contributed by atoms with Crippen LogP contribution in [0.1, 0.15) is 22.7 Å². The lowest BCUT2D eigenvalue weighted by Crippen LogP contribution is -2.19. The summed E-state index contributed by atoms with van der Waals surface area (Å²) in [7, 11) is 1.82. The molecule has 2 aromatic carbocycles. The standard InChI is InChI=1S/C16H16BrF2N/c1-10-5-12(7-13(17)6-10)16(20-2)9-11-8-14(18)3-4-15(11)19/h3-8,16,20H,9H2,1-2H3. The summed E-state index contributed by atoms with van der Waals surface area (Å²) >= 11 is 3.46. The van der Waals surface area contributed by atoms with Crippen molar-refractivity contribution < 1.29 is 8.78 Å². The van der Waals surface area contributed by atoms with Gasteiger partial charge in [-0.15, -0.1) is 0 Å². The van der Waals surface area contributed by atoms with Gasteiger partial charge >= 0.3 is 0 Å². The van der Waals surface area contributed by atoms with Crippen LogP contribution in [-0.4, -0.2) is 7.05 Å². The molecule has 0 radical (unpaired) electrons. The van der Waals surface area contributed by atoms with Gasteiger partial charge < -0.3 is 5.32 Å². The summed E-state index contributed by atoms with van der Waals surface area (Å²) in [5.41, 5.74) is 2.54. The highest BCUT2D eigenvalue weighted by atomic mass is 79.9. The van der Waals surface area contributed by atoms with E-state index >= 15 is 0 Å². The van der Waals surface area contributed by atoms with E-state index < -0.39 is 5.82 Å². The summed E-state index contributed by atoms with van der Waals surface area (Å²) in [6.07, 6.45) is 0.399. The Balaban J connectivity index is 2.30. The fourth-order valence-corrected chi connectivity index (χ4v) is 2.90. The summed E-state index contributed by atoms with van der Waals surface area (Å²) < 4.78 is 28.0. The number of rotatable bonds is 4. The molecule has 1 nitrogen and oxygen atoms in total. The first kappa shape index (κ1) is 15.1. The van der Waals surface area contributed by atoms with E-state index in [2.05, 4.69) is 21.2 Å². The van der Waals surface area contributed by atoms with Crippen molar-refractivity contribution in [1.82, 2.24) is 5.32 Å². The molecule has 20 heavy (non-hydrogen) atoms. The van der Waals surface area contributed by atoms with Crippen molar-refractivity contribution >= 4 is 15.9 Å². The van der Waals surface area contributed by atoms with Crippen molar-refractivity contribution in [1.29, 1.82) is 0 Å². The smallest absolute Gasteiger partial charge is 0.126 e. The maximum atomic E-state index is 13.7. The Morgan fingerprint density at radius 3 is 2.55 bits per heavy atom. The van der Waals surface area contributed by atoms with Crippen LogP contribution in [0.3, 0.4) is 0 Å². The van der Waals surface area contributed by atoms with Crippen LogP contribution in [0, 0.1) is 18.6 Å². The minimum absolute atomic E-state index is 0.0671. The number of likely N-dealkylation sites (N-methyl/N-ethyl adjacent to an activating group) is 1. The Labute approximate surface area is 126 Å². The predicted molar refractivity (Wildman–Crippen MR) is 80.7 cm³/mol. The molecule has 0 fully saturated rings. The van der Waals surface area contributed by atoms with Crippen molar-refractivity contribution in [2.45, 2.75) is 19.4 Å². The summed E-state index contributed by atoms with van der Waals surface area (Å²) in [4.78, 5) is 0. The highest BCUT2D eigenvalue weighted by Gasteiger charge is 2.14. The van der Waals surface area contributed by atoms with Crippen LogP contribution >= 0.6 is 15.9 Å². The Hall–Kier alpha value is -1.26. The van der Waals surface area contributed by atoms with Gasteiger partial charge in [-0.25, -0.2) is 8.78 Å². The van der Waals surface area contributed by atoms with Gasteiger partial charge in [0.05, 0.1) is 0 Å². The van der Waals surface area contributed by atoms with Crippen LogP contribution in [0.2, 0.25) is 0 Å². The number of nitrogens with one attached hydrogen (secondary N) is 1. The van der Waals surface area contributed by atoms with E-state index in [4.69, 9.17) is 0 Å². The van der Waals surface area contributed by atoms with Gasteiger partial charge in [0.15, 0.2) is 0 Å². The molecule has 1 N–H and O–H groups in total. The van der Waals surface area contributed by atoms with Gasteiger partial charge in [-0.3, -0.25) is 0 Å². The summed E-state index contributed by atoms with van der Waals surface area (Å²) in [5.74, 6) is -0.792. The molecule has 106 valence electrons. The van der Waals surface area contributed by atoms with Crippen LogP contribution in [-0.2, 0) is 6.42 Å². The van der Waals surface area contributed by atoms with Crippen LogP contribution in [0.5, 0.6) is 0 Å². The maximum Gasteiger partial charge on any atom is 0.126 e. The monoisotopic (exact) mass is 339 g/mol. The van der Waals surface area contributed by atoms with Crippen molar-refractivity contribution in [2.75, 3.05) is 7.05 Å². The van der Waals surface area contributed by atoms with Crippen molar-refractivity contribution in [2.24, 2.45) is 0 Å². The SMILES string of the molecule is CNC(Cc1cc(F)ccc1F)c1cc(C)cc(Br)c1. The van der Waals surface area contributed by atoms with E-state index in [0.717, 1.165) is 21.7 Å². The molecule has 0 saturated heterocycles. The topological polar surface area (TPSA) is 12.0 Å². The molecule has 2 rings (SSSR count). The molecule has 1 atom stereocenters. The minimum atomic E-state index is -0.415. The average Bonchev–Trinajstić information content (AvgIpc) is 2.38. The number of hydrogen-bond acceptors (Lipinski definition) is 1. The second-order valence-electron chi connectivity index (χ2n) is 4.84. The number of aryl methyl sites for hydroxylation is 1. The number of halogens is 3. The Kier molecular flexibility index (Phi) is 4.89. The van der Waals surface area contributed by atoms with Crippen LogP contribution in [0.15, 0.2) is 40.9 Å². The lowest BCUT2D eigenvalue weighted by Gasteiger charge is -2.18. The van der Waals surface area contributed by atoms with Gasteiger partial charge in [-0.1, -0.05) is 22.0 Å². The van der Waals surface area contributed by atoms with Crippen LogP contribution < -0.4 is 5.32 Å². The van der Waals surface area contributed by atoms with Gasteiger partial charge in [0.2, 0.25) is 0 Å². The molecule has 1 unspecified atom stereocenters. The van der Waals surface area contributed by atoms with Crippen molar-refractivity contribution in [3.63, 3.8) is 0 Å². The van der Waals surface area contributed by atoms with Gasteiger partial charge in [0.25, 0.3) is 0 Å². The maximum absolute atomic E-state index is 13.7. The highest BCUT2D eigenvalue weighted by Crippen LogP contribution is 2.24. The Bertz CT molecular complexity index is 593. The van der Waals surface area contributed by atoms with Crippen LogP contribution in [0.25, 0.3) is 0 Å². The van der Waals surface area contributed by atoms with E-state index in [0.29, 0.717) is 12.0 Å². The quantitative estimate of drug-likeness (QED) is 0.862. The van der Waals surface area contributed by atoms with E-state index in [1.807, 2.05) is 32.2 Å². The molecular weight excluding hydrogens is 324 g/mol. The minimum Gasteiger partial charge on any atom is -0.313 e. The van der Waals surface area contributed by atoms with Crippen LogP contribution in [0.4, 0.5) is 8.78 Å². The molecule has 0 amide bonds. The first-order valence-corrected chi connectivity index (χ1v) is 7.17. The molecule has 4 heteroatoms. The zero-order chi connectivity index (χ0) is 14.7. The summed E-state index contributed by atoms with van der Waals surface area (Å²) in [6, 6.07) is 9.54. The molecule has 0 aliphatic rings. The molecule has 0 aliphatic heterocycles. The van der Waals surface area contributed by atoms with Crippen molar-refractivity contribution in [3.05, 3.63) is 69.2 Å². The number of benzene rings is 2. The van der Waals surface area contributed by atoms with Gasteiger partial charge in [-0.05, 0) is 67.4 Å².